The highest BCUT2D eigenvalue weighted by molar-refractivity contribution is 9.09. The molecule has 76 valence electrons. The van der Waals surface area contributed by atoms with Crippen LogP contribution in [0.5, 0.6) is 0 Å². The topological polar surface area (TPSA) is 25.8 Å². The lowest BCUT2D eigenvalue weighted by Gasteiger charge is -2.08. The molecule has 1 fully saturated rings. The van der Waals surface area contributed by atoms with Crippen molar-refractivity contribution < 1.29 is 0 Å². The minimum atomic E-state index is 0.541. The molecule has 0 aliphatic heterocycles. The number of alkyl halides is 1. The molecule has 0 saturated heterocycles. The number of hydrogen-bond donors (Lipinski definition) is 0. The van der Waals surface area contributed by atoms with E-state index in [1.165, 1.54) is 12.8 Å². The molecule has 0 atom stereocenters. The quantitative estimate of drug-likeness (QED) is 0.479. The van der Waals surface area contributed by atoms with Gasteiger partial charge in [0, 0.05) is 23.5 Å². The number of nitrogens with zero attached hydrogens (tertiary/aromatic N) is 2. The first-order valence-corrected chi connectivity index (χ1v) is 6.82. The molecule has 14 heavy (non-hydrogen) atoms. The smallest absolute Gasteiger partial charge is 0.187 e. The molecule has 0 aromatic carbocycles. The summed E-state index contributed by atoms with van der Waals surface area (Å²) in [6, 6.07) is 0. The van der Waals surface area contributed by atoms with Crippen molar-refractivity contribution in [1.29, 1.82) is 0 Å². The fourth-order valence-electron chi connectivity index (χ4n) is 1.17. The maximum absolute atomic E-state index is 4.28. The maximum atomic E-state index is 4.28. The van der Waals surface area contributed by atoms with Crippen LogP contribution >= 0.6 is 27.7 Å². The van der Waals surface area contributed by atoms with Gasteiger partial charge in [0.25, 0.3) is 0 Å². The summed E-state index contributed by atoms with van der Waals surface area (Å²) < 4.78 is 0. The predicted molar refractivity (Wildman–Crippen MR) is 63.0 cm³/mol. The molecule has 1 aromatic rings. The van der Waals surface area contributed by atoms with Gasteiger partial charge in [-0.1, -0.05) is 27.7 Å². The monoisotopic (exact) mass is 272 g/mol. The molecule has 1 aliphatic rings. The third kappa shape index (κ3) is 2.48. The average Bonchev–Trinajstić information content (AvgIpc) is 2.98. The Balaban J connectivity index is 1.89. The normalized spacial score (nSPS) is 18.1. The second-order valence-corrected chi connectivity index (χ2v) is 5.47. The lowest BCUT2D eigenvalue weighted by Crippen LogP contribution is -2.05. The van der Waals surface area contributed by atoms with E-state index in [-0.39, 0.29) is 0 Å². The molecule has 1 saturated carbocycles. The number of thioether (sulfide) groups is 1. The number of hydrogen-bond acceptors (Lipinski definition) is 3. The lowest BCUT2D eigenvalue weighted by atomic mass is 10.2. The first kappa shape index (κ1) is 10.4. The first-order chi connectivity index (χ1) is 6.74. The molecule has 2 rings (SSSR count). The van der Waals surface area contributed by atoms with Gasteiger partial charge in [-0.3, -0.25) is 0 Å². The molecule has 0 amide bonds. The maximum Gasteiger partial charge on any atom is 0.187 e. The minimum absolute atomic E-state index is 0.541. The fraction of sp³-hybridized carbons (Fsp3) is 0.600. The van der Waals surface area contributed by atoms with Crippen molar-refractivity contribution in [2.45, 2.75) is 24.9 Å². The van der Waals surface area contributed by atoms with Gasteiger partial charge in [-0.15, -0.1) is 0 Å². The van der Waals surface area contributed by atoms with Crippen LogP contribution in [0.15, 0.2) is 17.6 Å². The van der Waals surface area contributed by atoms with E-state index in [0.29, 0.717) is 5.41 Å². The Kier molecular flexibility index (Phi) is 3.12. The van der Waals surface area contributed by atoms with Crippen LogP contribution in [0.3, 0.4) is 0 Å². The number of aromatic nitrogens is 2. The molecule has 1 aliphatic carbocycles. The van der Waals surface area contributed by atoms with Crippen molar-refractivity contribution in [2.75, 3.05) is 11.1 Å². The predicted octanol–water partition coefficient (Wildman–Crippen LogP) is 3.05. The van der Waals surface area contributed by atoms with Crippen LogP contribution in [0.1, 0.15) is 18.4 Å². The summed E-state index contributed by atoms with van der Waals surface area (Å²) in [7, 11) is 0. The zero-order chi connectivity index (χ0) is 10.0. The molecular weight excluding hydrogens is 260 g/mol. The lowest BCUT2D eigenvalue weighted by molar-refractivity contribution is 0.684. The minimum Gasteiger partial charge on any atom is -0.231 e. The summed E-state index contributed by atoms with van der Waals surface area (Å²) in [5, 5.41) is 2.02. The van der Waals surface area contributed by atoms with Crippen LogP contribution < -0.4 is 0 Å². The van der Waals surface area contributed by atoms with Gasteiger partial charge in [0.1, 0.15) is 0 Å². The van der Waals surface area contributed by atoms with E-state index >= 15 is 0 Å². The highest BCUT2D eigenvalue weighted by atomic mass is 79.9. The summed E-state index contributed by atoms with van der Waals surface area (Å²) >= 11 is 5.34. The summed E-state index contributed by atoms with van der Waals surface area (Å²) in [6.07, 6.45) is 6.44. The van der Waals surface area contributed by atoms with Gasteiger partial charge in [-0.2, -0.15) is 0 Å². The Morgan fingerprint density at radius 3 is 2.57 bits per heavy atom. The van der Waals surface area contributed by atoms with E-state index in [4.69, 9.17) is 0 Å². The molecule has 1 heterocycles. The highest BCUT2D eigenvalue weighted by Gasteiger charge is 2.41. The molecule has 0 radical (unpaired) electrons. The van der Waals surface area contributed by atoms with Crippen LogP contribution in [0.4, 0.5) is 0 Å². The largest absolute Gasteiger partial charge is 0.231 e. The van der Waals surface area contributed by atoms with E-state index in [1.54, 1.807) is 11.8 Å². The molecule has 0 unspecified atom stereocenters. The van der Waals surface area contributed by atoms with Crippen molar-refractivity contribution >= 4 is 27.7 Å². The van der Waals surface area contributed by atoms with Crippen molar-refractivity contribution in [3.8, 4) is 0 Å². The van der Waals surface area contributed by atoms with Gasteiger partial charge >= 0.3 is 0 Å². The Labute approximate surface area is 97.0 Å². The molecule has 2 nitrogen and oxygen atoms in total. The SMILES string of the molecule is Cc1cnc(SCC2(CBr)CC2)nc1. The van der Waals surface area contributed by atoms with Crippen molar-refractivity contribution in [2.24, 2.45) is 5.41 Å². The van der Waals surface area contributed by atoms with Crippen LogP contribution in [0.2, 0.25) is 0 Å². The fourth-order valence-corrected chi connectivity index (χ4v) is 3.27. The van der Waals surface area contributed by atoms with Crippen molar-refractivity contribution in [3.05, 3.63) is 18.0 Å². The van der Waals surface area contributed by atoms with Gasteiger partial charge in [0.2, 0.25) is 0 Å². The second-order valence-electron chi connectivity index (χ2n) is 3.97. The van der Waals surface area contributed by atoms with Gasteiger partial charge in [0.15, 0.2) is 5.16 Å². The molecule has 0 N–H and O–H groups in total. The van der Waals surface area contributed by atoms with Gasteiger partial charge in [-0.05, 0) is 30.7 Å². The standard InChI is InChI=1S/C10H13BrN2S/c1-8-4-12-9(13-5-8)14-7-10(6-11)2-3-10/h4-5H,2-3,6-7H2,1H3. The van der Waals surface area contributed by atoms with E-state index < -0.39 is 0 Å². The third-order valence-electron chi connectivity index (χ3n) is 2.51. The van der Waals surface area contributed by atoms with E-state index in [2.05, 4.69) is 25.9 Å². The van der Waals surface area contributed by atoms with Crippen LogP contribution in [0.25, 0.3) is 0 Å². The van der Waals surface area contributed by atoms with Crippen LogP contribution in [-0.2, 0) is 0 Å². The molecule has 1 aromatic heterocycles. The molecular formula is C10H13BrN2S. The third-order valence-corrected chi connectivity index (χ3v) is 4.92. The number of halogens is 1. The Morgan fingerprint density at radius 2 is 2.07 bits per heavy atom. The number of aryl methyl sites for hydroxylation is 1. The summed E-state index contributed by atoms with van der Waals surface area (Å²) in [6.45, 7) is 2.01. The van der Waals surface area contributed by atoms with E-state index in [1.807, 2.05) is 19.3 Å². The summed E-state index contributed by atoms with van der Waals surface area (Å²) in [4.78, 5) is 8.56. The number of rotatable bonds is 4. The Hall–Kier alpha value is -0.0900. The van der Waals surface area contributed by atoms with Crippen molar-refractivity contribution in [1.82, 2.24) is 9.97 Å². The van der Waals surface area contributed by atoms with Gasteiger partial charge < -0.3 is 0 Å². The van der Waals surface area contributed by atoms with Crippen LogP contribution in [0, 0.1) is 12.3 Å². The second kappa shape index (κ2) is 4.19. The Bertz CT molecular complexity index is 308. The zero-order valence-electron chi connectivity index (χ0n) is 8.16. The Morgan fingerprint density at radius 1 is 1.43 bits per heavy atom. The summed E-state index contributed by atoms with van der Waals surface area (Å²) in [5.74, 6) is 1.14. The van der Waals surface area contributed by atoms with Gasteiger partial charge in [-0.25, -0.2) is 9.97 Å². The summed E-state index contributed by atoms with van der Waals surface area (Å²) in [5.41, 5.74) is 1.66. The average molecular weight is 273 g/mol. The molecule has 4 heteroatoms. The first-order valence-electron chi connectivity index (χ1n) is 4.72. The van der Waals surface area contributed by atoms with Crippen LogP contribution in [-0.4, -0.2) is 21.1 Å². The van der Waals surface area contributed by atoms with E-state index in [9.17, 15) is 0 Å². The van der Waals surface area contributed by atoms with E-state index in [0.717, 1.165) is 21.8 Å². The van der Waals surface area contributed by atoms with Gasteiger partial charge in [0.05, 0.1) is 0 Å². The highest BCUT2D eigenvalue weighted by Crippen LogP contribution is 2.49. The zero-order valence-corrected chi connectivity index (χ0v) is 10.6. The van der Waals surface area contributed by atoms with Crippen molar-refractivity contribution in [3.63, 3.8) is 0 Å². The molecule has 0 spiro atoms. The molecule has 0 bridgehead atoms.